The van der Waals surface area contributed by atoms with Gasteiger partial charge in [0, 0.05) is 62.9 Å². The van der Waals surface area contributed by atoms with Crippen molar-refractivity contribution in [2.75, 3.05) is 45.9 Å². The van der Waals surface area contributed by atoms with E-state index in [1.807, 2.05) is 23.1 Å². The third-order valence-corrected chi connectivity index (χ3v) is 9.74. The first-order valence-electron chi connectivity index (χ1n) is 15.4. The third kappa shape index (κ3) is 6.58. The number of likely N-dealkylation sites (tertiary alicyclic amines) is 1. The number of fused-ring (bicyclic) bond motifs is 6. The maximum atomic E-state index is 14.1. The first-order valence-corrected chi connectivity index (χ1v) is 15.8. The minimum Gasteiger partial charge on any atom is -0.388 e. The molecule has 240 valence electrons. The van der Waals surface area contributed by atoms with E-state index in [-0.39, 0.29) is 62.3 Å². The topological polar surface area (TPSA) is 161 Å². The smallest absolute Gasteiger partial charge is 0.244 e. The molecular formula is C30H40ClN5O8. The number of nitrogens with zero attached hydrogens (tertiary/aromatic N) is 3. The predicted molar refractivity (Wildman–Crippen MR) is 156 cm³/mol. The number of halogens is 1. The molecule has 5 heterocycles. The Morgan fingerprint density at radius 1 is 1.02 bits per heavy atom. The van der Waals surface area contributed by atoms with Crippen LogP contribution in [0.2, 0.25) is 5.02 Å². The molecule has 44 heavy (non-hydrogen) atoms. The van der Waals surface area contributed by atoms with Crippen LogP contribution in [-0.4, -0.2) is 137 Å². The van der Waals surface area contributed by atoms with E-state index in [9.17, 15) is 29.4 Å². The largest absolute Gasteiger partial charge is 0.388 e. The summed E-state index contributed by atoms with van der Waals surface area (Å²) in [6.45, 7) is 2.14. The van der Waals surface area contributed by atoms with Gasteiger partial charge in [0.2, 0.25) is 23.6 Å². The van der Waals surface area contributed by atoms with Gasteiger partial charge in [-0.3, -0.25) is 24.1 Å². The van der Waals surface area contributed by atoms with Crippen LogP contribution in [0.15, 0.2) is 24.3 Å². The zero-order valence-corrected chi connectivity index (χ0v) is 25.2. The molecule has 14 heteroatoms. The third-order valence-electron chi connectivity index (χ3n) is 9.50. The molecule has 6 rings (SSSR count). The Morgan fingerprint density at radius 2 is 1.80 bits per heavy atom. The van der Waals surface area contributed by atoms with Gasteiger partial charge >= 0.3 is 0 Å². The summed E-state index contributed by atoms with van der Waals surface area (Å²) < 4.78 is 11.3. The number of amides is 4. The average molecular weight is 634 g/mol. The van der Waals surface area contributed by atoms with Gasteiger partial charge in [0.15, 0.2) is 0 Å². The van der Waals surface area contributed by atoms with Gasteiger partial charge in [0.1, 0.15) is 24.4 Å². The van der Waals surface area contributed by atoms with E-state index < -0.39 is 42.4 Å². The summed E-state index contributed by atoms with van der Waals surface area (Å²) in [6, 6.07) is 5.53. The molecule has 5 aliphatic rings. The fourth-order valence-electron chi connectivity index (χ4n) is 7.12. The quantitative estimate of drug-likeness (QED) is 0.323. The van der Waals surface area contributed by atoms with E-state index in [4.69, 9.17) is 21.1 Å². The fraction of sp³-hybridized carbons (Fsp3) is 0.667. The van der Waals surface area contributed by atoms with Crippen LogP contribution in [0, 0.1) is 5.92 Å². The lowest BCUT2D eigenvalue weighted by molar-refractivity contribution is -0.154. The van der Waals surface area contributed by atoms with Gasteiger partial charge in [-0.15, -0.1) is 0 Å². The number of benzene rings is 1. The number of aliphatic hydroxyl groups is 2. The zero-order chi connectivity index (χ0) is 31.0. The number of ether oxygens (including phenoxy) is 2. The molecule has 0 aliphatic carbocycles. The summed E-state index contributed by atoms with van der Waals surface area (Å²) in [5.41, 5.74) is 0.916. The van der Waals surface area contributed by atoms with Crippen molar-refractivity contribution >= 4 is 35.2 Å². The highest BCUT2D eigenvalue weighted by molar-refractivity contribution is 6.30. The van der Waals surface area contributed by atoms with Crippen LogP contribution in [0.1, 0.15) is 31.2 Å². The van der Waals surface area contributed by atoms with Gasteiger partial charge < -0.3 is 40.1 Å². The molecule has 1 aromatic carbocycles. The lowest BCUT2D eigenvalue weighted by Crippen LogP contribution is -2.64. The van der Waals surface area contributed by atoms with Crippen molar-refractivity contribution in [3.63, 3.8) is 0 Å². The lowest BCUT2D eigenvalue weighted by Gasteiger charge is -2.43. The van der Waals surface area contributed by atoms with E-state index in [0.29, 0.717) is 50.6 Å². The van der Waals surface area contributed by atoms with Crippen molar-refractivity contribution in [3.05, 3.63) is 34.9 Å². The number of hydrogen-bond donors (Lipinski definition) is 4. The average Bonchev–Trinajstić information content (AvgIpc) is 3.53. The Labute approximate surface area is 260 Å². The summed E-state index contributed by atoms with van der Waals surface area (Å²) in [6.07, 6.45) is -3.22. The van der Waals surface area contributed by atoms with Crippen molar-refractivity contribution in [3.8, 4) is 0 Å². The van der Waals surface area contributed by atoms with Crippen molar-refractivity contribution in [2.45, 2.75) is 74.8 Å². The summed E-state index contributed by atoms with van der Waals surface area (Å²) in [5.74, 6) is -1.39. The van der Waals surface area contributed by atoms with Crippen LogP contribution < -0.4 is 10.6 Å². The Hall–Kier alpha value is -2.81. The second kappa shape index (κ2) is 13.3. The Balaban J connectivity index is 1.28. The van der Waals surface area contributed by atoms with Crippen molar-refractivity contribution in [1.82, 2.24) is 25.3 Å². The molecule has 1 aromatic rings. The summed E-state index contributed by atoms with van der Waals surface area (Å²) in [4.78, 5) is 59.7. The molecule has 5 fully saturated rings. The SMILES string of the molecule is O=C1C[C@@H]2O[C@H](CNC(=O)[C@@H]3CN(CCN3C(=O)C3CCOCC3)C(=O)[C@@H]3C[C@@H](CN3Cc3cccc(Cl)c3)N1)[C@@H](O)[C@H]2O. The van der Waals surface area contributed by atoms with Gasteiger partial charge in [-0.2, -0.15) is 0 Å². The number of nitrogens with one attached hydrogen (secondary N) is 2. The van der Waals surface area contributed by atoms with Crippen LogP contribution in [0.25, 0.3) is 0 Å². The lowest BCUT2D eigenvalue weighted by atomic mass is 9.96. The number of piperazine rings is 1. The molecule has 5 saturated heterocycles. The Kier molecular flexibility index (Phi) is 9.41. The van der Waals surface area contributed by atoms with Gasteiger partial charge in [-0.25, -0.2) is 0 Å². The monoisotopic (exact) mass is 633 g/mol. The second-order valence-corrected chi connectivity index (χ2v) is 12.9. The van der Waals surface area contributed by atoms with E-state index in [1.54, 1.807) is 15.9 Å². The van der Waals surface area contributed by atoms with Crippen LogP contribution in [0.3, 0.4) is 0 Å². The normalized spacial score (nSPS) is 34.2. The molecule has 4 amide bonds. The summed E-state index contributed by atoms with van der Waals surface area (Å²) >= 11 is 6.23. The van der Waals surface area contributed by atoms with Crippen LogP contribution >= 0.6 is 11.6 Å². The highest BCUT2D eigenvalue weighted by Gasteiger charge is 2.47. The zero-order valence-electron chi connectivity index (χ0n) is 24.5. The molecular weight excluding hydrogens is 594 g/mol. The minimum absolute atomic E-state index is 0.0114. The van der Waals surface area contributed by atoms with E-state index in [2.05, 4.69) is 10.6 Å². The fourth-order valence-corrected chi connectivity index (χ4v) is 7.33. The minimum atomic E-state index is -1.31. The molecule has 13 nitrogen and oxygen atoms in total. The number of rotatable bonds is 3. The molecule has 5 aliphatic heterocycles. The highest BCUT2D eigenvalue weighted by Crippen LogP contribution is 2.28. The first-order chi connectivity index (χ1) is 21.2. The molecule has 6 bridgehead atoms. The van der Waals surface area contributed by atoms with Crippen LogP contribution in [0.4, 0.5) is 0 Å². The van der Waals surface area contributed by atoms with Crippen molar-refractivity contribution in [1.29, 1.82) is 0 Å². The van der Waals surface area contributed by atoms with E-state index in [0.717, 1.165) is 5.56 Å². The van der Waals surface area contributed by atoms with Gasteiger partial charge in [0.05, 0.1) is 25.1 Å². The van der Waals surface area contributed by atoms with Crippen molar-refractivity contribution in [2.24, 2.45) is 5.92 Å². The number of aliphatic hydroxyl groups excluding tert-OH is 2. The molecule has 0 saturated carbocycles. The van der Waals surface area contributed by atoms with Gasteiger partial charge in [0.25, 0.3) is 0 Å². The molecule has 4 N–H and O–H groups in total. The molecule has 0 radical (unpaired) electrons. The summed E-state index contributed by atoms with van der Waals surface area (Å²) in [5, 5.41) is 27.6. The van der Waals surface area contributed by atoms with Gasteiger partial charge in [-0.05, 0) is 37.0 Å². The Morgan fingerprint density at radius 3 is 2.57 bits per heavy atom. The van der Waals surface area contributed by atoms with E-state index in [1.165, 1.54) is 0 Å². The van der Waals surface area contributed by atoms with Crippen LogP contribution in [0.5, 0.6) is 0 Å². The maximum Gasteiger partial charge on any atom is 0.244 e. The molecule has 0 unspecified atom stereocenters. The standard InChI is InChI=1S/C30H40ClN5O8/c31-19-3-1-2-17(10-19)14-35-15-20-11-21(35)30(42)34-6-7-36(29(41)18-4-8-43-9-5-18)22(16-34)28(40)32-13-24-27(39)26(38)23(44-24)12-25(37)33-20/h1-3,10,18,20-24,26-27,38-39H,4-9,11-16H2,(H,32,40)(H,33,37)/t20-,21-,22-,23-,24+,26-,27+/m0/s1. The molecule has 0 spiro atoms. The number of hydrogen-bond acceptors (Lipinski definition) is 9. The summed E-state index contributed by atoms with van der Waals surface area (Å²) in [7, 11) is 0. The number of carbonyl (C=O) groups is 4. The molecule has 7 atom stereocenters. The first kappa shape index (κ1) is 31.2. The predicted octanol–water partition coefficient (Wildman–Crippen LogP) is -1.13. The second-order valence-electron chi connectivity index (χ2n) is 12.4. The molecule has 0 aromatic heterocycles. The van der Waals surface area contributed by atoms with Crippen molar-refractivity contribution < 1.29 is 38.9 Å². The maximum absolute atomic E-state index is 14.1. The number of carbonyl (C=O) groups excluding carboxylic acids is 4. The Bertz CT molecular complexity index is 1260. The van der Waals surface area contributed by atoms with E-state index >= 15 is 0 Å². The van der Waals surface area contributed by atoms with Gasteiger partial charge in [-0.1, -0.05) is 23.7 Å². The van der Waals surface area contributed by atoms with Crippen LogP contribution in [-0.2, 0) is 35.2 Å². The highest BCUT2D eigenvalue weighted by atomic mass is 35.5.